The minimum absolute atomic E-state index is 0.236. The summed E-state index contributed by atoms with van der Waals surface area (Å²) in [6, 6.07) is 17.1. The highest BCUT2D eigenvalue weighted by molar-refractivity contribution is 5.77. The molecule has 2 atom stereocenters. The van der Waals surface area contributed by atoms with Crippen molar-refractivity contribution in [3.8, 4) is 5.75 Å². The molecule has 90 valence electrons. The van der Waals surface area contributed by atoms with Crippen LogP contribution in [0.4, 0.5) is 0 Å². The van der Waals surface area contributed by atoms with E-state index in [2.05, 4.69) is 0 Å². The van der Waals surface area contributed by atoms with Crippen LogP contribution in [0.3, 0.4) is 0 Å². The van der Waals surface area contributed by atoms with Gasteiger partial charge >= 0.3 is 5.97 Å². The number of para-hydroxylation sites is 1. The van der Waals surface area contributed by atoms with Crippen molar-refractivity contribution in [2.45, 2.75) is 12.0 Å². The summed E-state index contributed by atoms with van der Waals surface area (Å²) in [5.74, 6) is -0.501. The number of aliphatic carboxylic acids is 1. The summed E-state index contributed by atoms with van der Waals surface area (Å²) >= 11 is 0. The van der Waals surface area contributed by atoms with Crippen molar-refractivity contribution in [3.05, 3.63) is 65.7 Å². The molecule has 0 saturated heterocycles. The van der Waals surface area contributed by atoms with Crippen molar-refractivity contribution in [2.75, 3.05) is 0 Å². The zero-order valence-corrected chi connectivity index (χ0v) is 9.61. The summed E-state index contributed by atoms with van der Waals surface area (Å²) in [7, 11) is 0. The molecule has 2 aromatic rings. The molecule has 3 heteroatoms. The molecule has 0 aliphatic carbocycles. The molecule has 0 spiro atoms. The highest BCUT2D eigenvalue weighted by atomic mass is 16.5. The number of hydrogen-bond acceptors (Lipinski definition) is 2. The highest BCUT2D eigenvalue weighted by Crippen LogP contribution is 2.42. The number of carboxylic acids is 1. The topological polar surface area (TPSA) is 46.5 Å². The molecule has 1 N–H and O–H groups in total. The van der Waals surface area contributed by atoms with E-state index >= 15 is 0 Å². The molecular weight excluding hydrogens is 228 g/mol. The Balaban J connectivity index is 2.11. The van der Waals surface area contributed by atoms with Crippen molar-refractivity contribution >= 4 is 5.97 Å². The zero-order chi connectivity index (χ0) is 12.5. The van der Waals surface area contributed by atoms with Crippen molar-refractivity contribution in [2.24, 2.45) is 0 Å². The fourth-order valence-electron chi connectivity index (χ4n) is 2.42. The summed E-state index contributed by atoms with van der Waals surface area (Å²) in [6.45, 7) is 0. The van der Waals surface area contributed by atoms with Gasteiger partial charge in [-0.25, -0.2) is 4.79 Å². The molecular formula is C15H12O3. The lowest BCUT2D eigenvalue weighted by Crippen LogP contribution is -2.29. The average Bonchev–Trinajstić information content (AvgIpc) is 2.79. The lowest BCUT2D eigenvalue weighted by Gasteiger charge is -2.15. The first-order valence-corrected chi connectivity index (χ1v) is 5.80. The molecule has 3 rings (SSSR count). The first-order valence-electron chi connectivity index (χ1n) is 5.80. The minimum atomic E-state index is -0.931. The van der Waals surface area contributed by atoms with E-state index in [1.807, 2.05) is 54.6 Å². The van der Waals surface area contributed by atoms with Gasteiger partial charge in [0.1, 0.15) is 5.75 Å². The number of carbonyl (C=O) groups is 1. The van der Waals surface area contributed by atoms with Gasteiger partial charge in [-0.15, -0.1) is 0 Å². The van der Waals surface area contributed by atoms with Gasteiger partial charge in [-0.3, -0.25) is 0 Å². The van der Waals surface area contributed by atoms with Crippen LogP contribution in [-0.2, 0) is 4.79 Å². The van der Waals surface area contributed by atoms with Gasteiger partial charge < -0.3 is 9.84 Å². The van der Waals surface area contributed by atoms with E-state index in [-0.39, 0.29) is 5.92 Å². The standard InChI is InChI=1S/C15H12O3/c16-15(17)14-13(10-6-2-1-3-7-10)11-8-4-5-9-12(11)18-14/h1-9,13-14H,(H,16,17)/t13-,14+/m0/s1. The van der Waals surface area contributed by atoms with Gasteiger partial charge in [-0.2, -0.15) is 0 Å². The van der Waals surface area contributed by atoms with E-state index in [0.717, 1.165) is 11.1 Å². The summed E-state index contributed by atoms with van der Waals surface area (Å²) in [5.41, 5.74) is 1.91. The minimum Gasteiger partial charge on any atom is -0.478 e. The van der Waals surface area contributed by atoms with E-state index in [9.17, 15) is 9.90 Å². The molecule has 0 amide bonds. The fourth-order valence-corrected chi connectivity index (χ4v) is 2.42. The number of carboxylic acid groups (broad SMARTS) is 1. The van der Waals surface area contributed by atoms with E-state index in [0.29, 0.717) is 5.75 Å². The van der Waals surface area contributed by atoms with E-state index < -0.39 is 12.1 Å². The number of ether oxygens (including phenoxy) is 1. The van der Waals surface area contributed by atoms with Crippen LogP contribution in [0.1, 0.15) is 17.0 Å². The number of benzene rings is 2. The van der Waals surface area contributed by atoms with Gasteiger partial charge in [0.15, 0.2) is 0 Å². The van der Waals surface area contributed by atoms with Gasteiger partial charge in [0.05, 0.1) is 5.92 Å². The van der Waals surface area contributed by atoms with E-state index in [1.165, 1.54) is 0 Å². The van der Waals surface area contributed by atoms with Gasteiger partial charge in [0, 0.05) is 5.56 Å². The van der Waals surface area contributed by atoms with Crippen LogP contribution >= 0.6 is 0 Å². The molecule has 0 bridgehead atoms. The lowest BCUT2D eigenvalue weighted by atomic mass is 9.88. The maximum absolute atomic E-state index is 11.3. The van der Waals surface area contributed by atoms with Gasteiger partial charge in [0.25, 0.3) is 0 Å². The molecule has 1 aliphatic heterocycles. The first kappa shape index (κ1) is 10.8. The third-order valence-corrected chi connectivity index (χ3v) is 3.21. The van der Waals surface area contributed by atoms with Crippen LogP contribution < -0.4 is 4.74 Å². The molecule has 0 aromatic heterocycles. The molecule has 2 aromatic carbocycles. The molecule has 1 heterocycles. The molecule has 0 fully saturated rings. The third kappa shape index (κ3) is 1.64. The van der Waals surface area contributed by atoms with Gasteiger partial charge in [-0.05, 0) is 11.6 Å². The van der Waals surface area contributed by atoms with Crippen molar-refractivity contribution in [3.63, 3.8) is 0 Å². The van der Waals surface area contributed by atoms with Crippen molar-refractivity contribution in [1.82, 2.24) is 0 Å². The predicted molar refractivity (Wildman–Crippen MR) is 66.8 cm³/mol. The number of hydrogen-bond donors (Lipinski definition) is 1. The Hall–Kier alpha value is -2.29. The smallest absolute Gasteiger partial charge is 0.345 e. The Kier molecular flexibility index (Phi) is 2.52. The predicted octanol–water partition coefficient (Wildman–Crippen LogP) is 2.66. The largest absolute Gasteiger partial charge is 0.478 e. The molecule has 3 nitrogen and oxygen atoms in total. The second-order valence-electron chi connectivity index (χ2n) is 4.30. The highest BCUT2D eigenvalue weighted by Gasteiger charge is 2.39. The van der Waals surface area contributed by atoms with Gasteiger partial charge in [0.2, 0.25) is 6.10 Å². The Morgan fingerprint density at radius 1 is 1.00 bits per heavy atom. The maximum atomic E-state index is 11.3. The van der Waals surface area contributed by atoms with Crippen LogP contribution in [0, 0.1) is 0 Å². The maximum Gasteiger partial charge on any atom is 0.345 e. The second kappa shape index (κ2) is 4.18. The van der Waals surface area contributed by atoms with Gasteiger partial charge in [-0.1, -0.05) is 48.5 Å². The molecule has 0 unspecified atom stereocenters. The monoisotopic (exact) mass is 240 g/mol. The fraction of sp³-hybridized carbons (Fsp3) is 0.133. The van der Waals surface area contributed by atoms with Crippen molar-refractivity contribution < 1.29 is 14.6 Å². The second-order valence-corrected chi connectivity index (χ2v) is 4.30. The summed E-state index contributed by atoms with van der Waals surface area (Å²) in [5, 5.41) is 9.29. The SMILES string of the molecule is O=C(O)[C@@H]1Oc2ccccc2[C@@H]1c1ccccc1. The van der Waals surface area contributed by atoms with Crippen LogP contribution in [0.2, 0.25) is 0 Å². The molecule has 0 saturated carbocycles. The van der Waals surface area contributed by atoms with Crippen molar-refractivity contribution in [1.29, 1.82) is 0 Å². The Bertz CT molecular complexity index is 577. The third-order valence-electron chi connectivity index (χ3n) is 3.21. The van der Waals surface area contributed by atoms with Crippen LogP contribution in [0.25, 0.3) is 0 Å². The van der Waals surface area contributed by atoms with E-state index in [4.69, 9.17) is 4.74 Å². The summed E-state index contributed by atoms with van der Waals surface area (Å²) < 4.78 is 5.54. The van der Waals surface area contributed by atoms with E-state index in [1.54, 1.807) is 0 Å². The lowest BCUT2D eigenvalue weighted by molar-refractivity contribution is -0.144. The number of fused-ring (bicyclic) bond motifs is 1. The Morgan fingerprint density at radius 2 is 1.67 bits per heavy atom. The first-order chi connectivity index (χ1) is 8.77. The molecule has 1 aliphatic rings. The Labute approximate surface area is 105 Å². The van der Waals surface area contributed by atoms with Crippen LogP contribution in [0.15, 0.2) is 54.6 Å². The molecule has 18 heavy (non-hydrogen) atoms. The average molecular weight is 240 g/mol. The Morgan fingerprint density at radius 3 is 2.39 bits per heavy atom. The summed E-state index contributed by atoms with van der Waals surface area (Å²) in [6.07, 6.45) is -0.843. The molecule has 0 radical (unpaired) electrons. The summed E-state index contributed by atoms with van der Waals surface area (Å²) in [4.78, 5) is 11.3. The quantitative estimate of drug-likeness (QED) is 0.877. The van der Waals surface area contributed by atoms with Crippen LogP contribution in [0.5, 0.6) is 5.75 Å². The number of rotatable bonds is 2. The zero-order valence-electron chi connectivity index (χ0n) is 9.61. The van der Waals surface area contributed by atoms with Crippen LogP contribution in [-0.4, -0.2) is 17.2 Å². The normalized spacial score (nSPS) is 21.1.